The van der Waals surface area contributed by atoms with Crippen molar-refractivity contribution in [2.75, 3.05) is 32.1 Å². The highest BCUT2D eigenvalue weighted by Crippen LogP contribution is 2.13. The zero-order valence-corrected chi connectivity index (χ0v) is 9.16. The van der Waals surface area contributed by atoms with Crippen LogP contribution in [0.15, 0.2) is 0 Å². The molecule has 0 aromatic carbocycles. The van der Waals surface area contributed by atoms with Gasteiger partial charge in [0.2, 0.25) is 0 Å². The number of hydrogen-bond acceptors (Lipinski definition) is 3. The van der Waals surface area contributed by atoms with Gasteiger partial charge in [-0.1, -0.05) is 6.92 Å². The third kappa shape index (κ3) is 2.38. The molecule has 3 heteroatoms. The van der Waals surface area contributed by atoms with Gasteiger partial charge in [0, 0.05) is 30.9 Å². The third-order valence-electron chi connectivity index (χ3n) is 2.74. The Kier molecular flexibility index (Phi) is 4.40. The predicted molar refractivity (Wildman–Crippen MR) is 56.9 cm³/mol. The highest BCUT2D eigenvalue weighted by molar-refractivity contribution is 7.98. The second-order valence-electron chi connectivity index (χ2n) is 3.49. The maximum absolute atomic E-state index is 3.31. The van der Waals surface area contributed by atoms with Gasteiger partial charge < -0.3 is 5.32 Å². The first-order valence-electron chi connectivity index (χ1n) is 4.71. The Labute approximate surface area is 80.1 Å². The molecule has 0 bridgehead atoms. The van der Waals surface area contributed by atoms with Crippen LogP contribution in [0.5, 0.6) is 0 Å². The maximum atomic E-state index is 3.31. The molecule has 0 saturated carbocycles. The monoisotopic (exact) mass is 188 g/mol. The van der Waals surface area contributed by atoms with Crippen LogP contribution in [0.25, 0.3) is 0 Å². The van der Waals surface area contributed by atoms with Crippen molar-refractivity contribution in [1.29, 1.82) is 0 Å². The first-order chi connectivity index (χ1) is 5.79. The number of thioether (sulfide) groups is 1. The summed E-state index contributed by atoms with van der Waals surface area (Å²) in [6.07, 6.45) is 3.46. The highest BCUT2D eigenvalue weighted by Gasteiger charge is 2.25. The van der Waals surface area contributed by atoms with Crippen molar-refractivity contribution in [3.63, 3.8) is 0 Å². The SMILES string of the molecule is CCC(CSC)N(C)C1CNC1. The van der Waals surface area contributed by atoms with E-state index in [0.717, 1.165) is 12.1 Å². The Morgan fingerprint density at radius 2 is 2.25 bits per heavy atom. The standard InChI is InChI=1S/C9H20N2S/c1-4-8(7-12-3)11(2)9-5-10-6-9/h8-10H,4-7H2,1-3H3. The van der Waals surface area contributed by atoms with Gasteiger partial charge in [0.25, 0.3) is 0 Å². The minimum Gasteiger partial charge on any atom is -0.314 e. The van der Waals surface area contributed by atoms with E-state index in [4.69, 9.17) is 0 Å². The van der Waals surface area contributed by atoms with Gasteiger partial charge in [0.15, 0.2) is 0 Å². The molecule has 2 nitrogen and oxygen atoms in total. The van der Waals surface area contributed by atoms with Crippen LogP contribution in [0.1, 0.15) is 13.3 Å². The second kappa shape index (κ2) is 5.10. The zero-order valence-electron chi connectivity index (χ0n) is 8.34. The van der Waals surface area contributed by atoms with E-state index in [1.165, 1.54) is 25.3 Å². The molecule has 1 saturated heterocycles. The molecule has 1 aliphatic heterocycles. The second-order valence-corrected chi connectivity index (χ2v) is 4.41. The first kappa shape index (κ1) is 10.4. The van der Waals surface area contributed by atoms with Crippen molar-refractivity contribution in [3.8, 4) is 0 Å². The Balaban J connectivity index is 2.29. The van der Waals surface area contributed by atoms with Gasteiger partial charge >= 0.3 is 0 Å². The molecule has 0 aromatic rings. The van der Waals surface area contributed by atoms with Crippen molar-refractivity contribution in [3.05, 3.63) is 0 Å². The van der Waals surface area contributed by atoms with E-state index < -0.39 is 0 Å². The molecule has 1 heterocycles. The normalized spacial score (nSPS) is 21.0. The quantitative estimate of drug-likeness (QED) is 0.694. The molecule has 1 unspecified atom stereocenters. The lowest BCUT2D eigenvalue weighted by Crippen LogP contribution is -2.58. The maximum Gasteiger partial charge on any atom is 0.0345 e. The van der Waals surface area contributed by atoms with E-state index >= 15 is 0 Å². The van der Waals surface area contributed by atoms with Crippen LogP contribution in [0.3, 0.4) is 0 Å². The molecule has 1 N–H and O–H groups in total. The van der Waals surface area contributed by atoms with E-state index in [2.05, 4.69) is 30.4 Å². The zero-order chi connectivity index (χ0) is 8.97. The molecule has 12 heavy (non-hydrogen) atoms. The van der Waals surface area contributed by atoms with Gasteiger partial charge in [0.1, 0.15) is 0 Å². The van der Waals surface area contributed by atoms with E-state index in [9.17, 15) is 0 Å². The van der Waals surface area contributed by atoms with Crippen LogP contribution >= 0.6 is 11.8 Å². The van der Waals surface area contributed by atoms with Gasteiger partial charge in [0.05, 0.1) is 0 Å². The average Bonchev–Trinajstić information content (AvgIpc) is 1.96. The summed E-state index contributed by atoms with van der Waals surface area (Å²) in [5.74, 6) is 1.27. The summed E-state index contributed by atoms with van der Waals surface area (Å²) in [6, 6.07) is 1.56. The highest BCUT2D eigenvalue weighted by atomic mass is 32.2. The van der Waals surface area contributed by atoms with Gasteiger partial charge in [-0.05, 0) is 19.7 Å². The van der Waals surface area contributed by atoms with Gasteiger partial charge in [-0.3, -0.25) is 4.90 Å². The van der Waals surface area contributed by atoms with Crippen molar-refractivity contribution in [2.45, 2.75) is 25.4 Å². The van der Waals surface area contributed by atoms with Crippen molar-refractivity contribution in [2.24, 2.45) is 0 Å². The van der Waals surface area contributed by atoms with Crippen molar-refractivity contribution < 1.29 is 0 Å². The van der Waals surface area contributed by atoms with Gasteiger partial charge in [-0.2, -0.15) is 11.8 Å². The van der Waals surface area contributed by atoms with Crippen LogP contribution in [0.4, 0.5) is 0 Å². The minimum atomic E-state index is 0.770. The third-order valence-corrected chi connectivity index (χ3v) is 3.46. The van der Waals surface area contributed by atoms with Crippen molar-refractivity contribution in [1.82, 2.24) is 10.2 Å². The molecule has 1 atom stereocenters. The fourth-order valence-corrected chi connectivity index (χ4v) is 2.43. The number of nitrogens with zero attached hydrogens (tertiary/aromatic N) is 1. The number of likely N-dealkylation sites (N-methyl/N-ethyl adjacent to an activating group) is 1. The average molecular weight is 188 g/mol. The molecule has 0 aromatic heterocycles. The molecule has 0 amide bonds. The Hall–Kier alpha value is 0.270. The van der Waals surface area contributed by atoms with Gasteiger partial charge in [-0.25, -0.2) is 0 Å². The van der Waals surface area contributed by atoms with Crippen LogP contribution in [-0.4, -0.2) is 49.1 Å². The molecular weight excluding hydrogens is 168 g/mol. The topological polar surface area (TPSA) is 15.3 Å². The first-order valence-corrected chi connectivity index (χ1v) is 6.10. The fraction of sp³-hybridized carbons (Fsp3) is 1.00. The molecule has 0 radical (unpaired) electrons. The molecule has 1 fully saturated rings. The summed E-state index contributed by atoms with van der Waals surface area (Å²) in [5.41, 5.74) is 0. The largest absolute Gasteiger partial charge is 0.314 e. The van der Waals surface area contributed by atoms with E-state index in [1.807, 2.05) is 11.8 Å². The van der Waals surface area contributed by atoms with Crippen LogP contribution < -0.4 is 5.32 Å². The number of nitrogens with one attached hydrogen (secondary N) is 1. The Morgan fingerprint density at radius 1 is 1.58 bits per heavy atom. The van der Waals surface area contributed by atoms with Crippen LogP contribution in [0, 0.1) is 0 Å². The molecular formula is C9H20N2S. The van der Waals surface area contributed by atoms with E-state index in [-0.39, 0.29) is 0 Å². The lowest BCUT2D eigenvalue weighted by Gasteiger charge is -2.40. The fourth-order valence-electron chi connectivity index (χ4n) is 1.58. The van der Waals surface area contributed by atoms with Gasteiger partial charge in [-0.15, -0.1) is 0 Å². The minimum absolute atomic E-state index is 0.770. The molecule has 0 spiro atoms. The summed E-state index contributed by atoms with van der Waals surface area (Å²) in [4.78, 5) is 2.53. The summed E-state index contributed by atoms with van der Waals surface area (Å²) < 4.78 is 0. The summed E-state index contributed by atoms with van der Waals surface area (Å²) >= 11 is 1.95. The predicted octanol–water partition coefficient (Wildman–Crippen LogP) is 1.03. The molecule has 0 aliphatic carbocycles. The molecule has 1 rings (SSSR count). The van der Waals surface area contributed by atoms with E-state index in [1.54, 1.807) is 0 Å². The molecule has 1 aliphatic rings. The summed E-state index contributed by atoms with van der Waals surface area (Å²) in [5, 5.41) is 3.31. The lowest BCUT2D eigenvalue weighted by molar-refractivity contribution is 0.136. The summed E-state index contributed by atoms with van der Waals surface area (Å²) in [6.45, 7) is 4.65. The van der Waals surface area contributed by atoms with Crippen LogP contribution in [0.2, 0.25) is 0 Å². The lowest BCUT2D eigenvalue weighted by atomic mass is 10.1. The number of hydrogen-bond donors (Lipinski definition) is 1. The smallest absolute Gasteiger partial charge is 0.0345 e. The number of rotatable bonds is 5. The van der Waals surface area contributed by atoms with Crippen molar-refractivity contribution >= 4 is 11.8 Å². The Morgan fingerprint density at radius 3 is 2.58 bits per heavy atom. The summed E-state index contributed by atoms with van der Waals surface area (Å²) in [7, 11) is 2.26. The Bertz CT molecular complexity index is 126. The molecule has 72 valence electrons. The van der Waals surface area contributed by atoms with E-state index in [0.29, 0.717) is 0 Å². The van der Waals surface area contributed by atoms with Crippen LogP contribution in [-0.2, 0) is 0 Å².